The molecular formula is C26H22F3N5O2. The molecule has 184 valence electrons. The Morgan fingerprint density at radius 3 is 2.36 bits per heavy atom. The summed E-state index contributed by atoms with van der Waals surface area (Å²) < 4.78 is 39.5. The monoisotopic (exact) mass is 493 g/mol. The van der Waals surface area contributed by atoms with Crippen molar-refractivity contribution in [2.24, 2.45) is 0 Å². The molecule has 0 atom stereocenters. The molecule has 7 nitrogen and oxygen atoms in total. The number of anilines is 1. The van der Waals surface area contributed by atoms with Gasteiger partial charge in [-0.05, 0) is 29.0 Å². The van der Waals surface area contributed by atoms with Crippen LogP contribution in [-0.2, 0) is 17.5 Å². The van der Waals surface area contributed by atoms with Crippen LogP contribution in [0, 0.1) is 0 Å². The molecule has 0 unspecified atom stereocenters. The Kier molecular flexibility index (Phi) is 6.17. The van der Waals surface area contributed by atoms with Gasteiger partial charge in [-0.1, -0.05) is 42.5 Å². The average molecular weight is 493 g/mol. The van der Waals surface area contributed by atoms with E-state index in [0.29, 0.717) is 37.7 Å². The van der Waals surface area contributed by atoms with Crippen molar-refractivity contribution in [2.45, 2.75) is 12.7 Å². The number of rotatable bonds is 4. The van der Waals surface area contributed by atoms with Gasteiger partial charge in [0.05, 0.1) is 11.3 Å². The number of hydrogen-bond acceptors (Lipinski definition) is 5. The molecule has 0 radical (unpaired) electrons. The third-order valence-corrected chi connectivity index (χ3v) is 6.25. The lowest BCUT2D eigenvalue weighted by atomic mass is 10.0. The second-order valence-corrected chi connectivity index (χ2v) is 8.51. The van der Waals surface area contributed by atoms with Crippen LogP contribution in [-0.4, -0.2) is 51.8 Å². The van der Waals surface area contributed by atoms with Crippen molar-refractivity contribution in [3.05, 3.63) is 88.8 Å². The van der Waals surface area contributed by atoms with E-state index in [2.05, 4.69) is 10.1 Å². The predicted octanol–water partition coefficient (Wildman–Crippen LogP) is 3.83. The molecule has 0 aliphatic carbocycles. The highest BCUT2D eigenvalue weighted by molar-refractivity contribution is 5.95. The first kappa shape index (κ1) is 23.5. The van der Waals surface area contributed by atoms with E-state index in [9.17, 15) is 22.8 Å². The van der Waals surface area contributed by atoms with Gasteiger partial charge in [-0.25, -0.2) is 9.67 Å². The summed E-state index contributed by atoms with van der Waals surface area (Å²) in [4.78, 5) is 32.8. The van der Waals surface area contributed by atoms with Crippen molar-refractivity contribution in [2.75, 3.05) is 31.1 Å². The second-order valence-electron chi connectivity index (χ2n) is 8.51. The second kappa shape index (κ2) is 9.44. The largest absolute Gasteiger partial charge is 0.417 e. The normalized spacial score (nSPS) is 14.3. The van der Waals surface area contributed by atoms with E-state index in [1.165, 1.54) is 16.8 Å². The highest BCUT2D eigenvalue weighted by Crippen LogP contribution is 2.29. The van der Waals surface area contributed by atoms with Crippen LogP contribution in [0.2, 0.25) is 0 Å². The number of carbonyl (C=O) groups is 1. The Morgan fingerprint density at radius 1 is 0.889 bits per heavy atom. The SMILES string of the molecule is O=C(Cn1nc(-c2cccc3ccccc23)ccc1=O)N1CCN(c2ccc(C(F)(F)F)cn2)CC1. The third kappa shape index (κ3) is 4.79. The molecule has 1 fully saturated rings. The number of pyridine rings is 1. The zero-order valence-electron chi connectivity index (χ0n) is 19.2. The summed E-state index contributed by atoms with van der Waals surface area (Å²) in [7, 11) is 0. The van der Waals surface area contributed by atoms with Gasteiger partial charge >= 0.3 is 6.18 Å². The van der Waals surface area contributed by atoms with Crippen LogP contribution in [0.4, 0.5) is 19.0 Å². The molecule has 0 N–H and O–H groups in total. The Hall–Kier alpha value is -4.21. The van der Waals surface area contributed by atoms with Gasteiger partial charge in [0.1, 0.15) is 12.4 Å². The maximum absolute atomic E-state index is 12.9. The van der Waals surface area contributed by atoms with Crippen molar-refractivity contribution in [1.29, 1.82) is 0 Å². The van der Waals surface area contributed by atoms with Gasteiger partial charge < -0.3 is 9.80 Å². The zero-order chi connectivity index (χ0) is 25.3. The Morgan fingerprint density at radius 2 is 1.64 bits per heavy atom. The summed E-state index contributed by atoms with van der Waals surface area (Å²) in [6.45, 7) is 1.36. The van der Waals surface area contributed by atoms with Crippen molar-refractivity contribution in [1.82, 2.24) is 19.7 Å². The molecular weight excluding hydrogens is 471 g/mol. The third-order valence-electron chi connectivity index (χ3n) is 6.25. The molecule has 3 heterocycles. The minimum Gasteiger partial charge on any atom is -0.353 e. The number of halogens is 3. The molecule has 1 aliphatic rings. The van der Waals surface area contributed by atoms with E-state index in [-0.39, 0.29) is 18.0 Å². The Bertz CT molecular complexity index is 1450. The summed E-state index contributed by atoms with van der Waals surface area (Å²) >= 11 is 0. The molecule has 0 saturated carbocycles. The average Bonchev–Trinajstić information content (AvgIpc) is 2.89. The minimum atomic E-state index is -4.44. The lowest BCUT2D eigenvalue weighted by Gasteiger charge is -2.35. The minimum absolute atomic E-state index is 0.198. The fourth-order valence-electron chi connectivity index (χ4n) is 4.31. The van der Waals surface area contributed by atoms with E-state index < -0.39 is 11.7 Å². The molecule has 5 rings (SSSR count). The van der Waals surface area contributed by atoms with Gasteiger partial charge in [0.25, 0.3) is 5.56 Å². The zero-order valence-corrected chi connectivity index (χ0v) is 19.2. The van der Waals surface area contributed by atoms with Crippen molar-refractivity contribution < 1.29 is 18.0 Å². The van der Waals surface area contributed by atoms with Gasteiger partial charge in [-0.2, -0.15) is 18.3 Å². The van der Waals surface area contributed by atoms with Crippen molar-refractivity contribution >= 4 is 22.5 Å². The first-order chi connectivity index (χ1) is 17.3. The summed E-state index contributed by atoms with van der Waals surface area (Å²) in [6, 6.07) is 19.1. The van der Waals surface area contributed by atoms with Crippen LogP contribution in [0.25, 0.3) is 22.0 Å². The molecule has 1 amide bonds. The Balaban J connectivity index is 1.27. The van der Waals surface area contributed by atoms with E-state index in [0.717, 1.165) is 28.6 Å². The van der Waals surface area contributed by atoms with Crippen LogP contribution in [0.5, 0.6) is 0 Å². The molecule has 1 aliphatic heterocycles. The number of fused-ring (bicyclic) bond motifs is 1. The van der Waals surface area contributed by atoms with E-state index >= 15 is 0 Å². The van der Waals surface area contributed by atoms with Crippen LogP contribution < -0.4 is 10.5 Å². The maximum Gasteiger partial charge on any atom is 0.417 e. The molecule has 0 spiro atoms. The van der Waals surface area contributed by atoms with Gasteiger partial charge in [0, 0.05) is 44.0 Å². The topological polar surface area (TPSA) is 71.3 Å². The molecule has 10 heteroatoms. The summed E-state index contributed by atoms with van der Waals surface area (Å²) in [5.74, 6) is 0.176. The predicted molar refractivity (Wildman–Crippen MR) is 129 cm³/mol. The molecule has 1 saturated heterocycles. The van der Waals surface area contributed by atoms with Gasteiger partial charge in [-0.3, -0.25) is 9.59 Å². The fourth-order valence-corrected chi connectivity index (χ4v) is 4.31. The number of amides is 1. The molecule has 36 heavy (non-hydrogen) atoms. The molecule has 4 aromatic rings. The smallest absolute Gasteiger partial charge is 0.353 e. The fraction of sp³-hybridized carbons (Fsp3) is 0.231. The number of aromatic nitrogens is 3. The number of piperazine rings is 1. The van der Waals surface area contributed by atoms with Crippen molar-refractivity contribution in [3.63, 3.8) is 0 Å². The van der Waals surface area contributed by atoms with Crippen LogP contribution in [0.15, 0.2) is 77.7 Å². The van der Waals surface area contributed by atoms with E-state index in [1.807, 2.05) is 47.4 Å². The maximum atomic E-state index is 12.9. The van der Waals surface area contributed by atoms with Gasteiger partial charge in [0.15, 0.2) is 0 Å². The standard InChI is InChI=1S/C26H22F3N5O2/c27-26(28,29)19-8-10-23(30-16-19)32-12-14-33(15-13-32)25(36)17-34-24(35)11-9-22(31-34)21-7-3-5-18-4-1-2-6-20(18)21/h1-11,16H,12-15,17H2. The van der Waals surface area contributed by atoms with Crippen LogP contribution in [0.1, 0.15) is 5.56 Å². The first-order valence-electron chi connectivity index (χ1n) is 11.4. The molecule has 2 aromatic carbocycles. The number of carbonyl (C=O) groups excluding carboxylic acids is 1. The van der Waals surface area contributed by atoms with Crippen molar-refractivity contribution in [3.8, 4) is 11.3 Å². The first-order valence-corrected chi connectivity index (χ1v) is 11.4. The lowest BCUT2D eigenvalue weighted by Crippen LogP contribution is -2.50. The molecule has 0 bridgehead atoms. The summed E-state index contributed by atoms with van der Waals surface area (Å²) in [5.41, 5.74) is 0.285. The van der Waals surface area contributed by atoms with Crippen LogP contribution >= 0.6 is 0 Å². The lowest BCUT2D eigenvalue weighted by molar-refractivity contribution is -0.138. The highest BCUT2D eigenvalue weighted by Gasteiger charge is 2.31. The van der Waals surface area contributed by atoms with Gasteiger partial charge in [-0.15, -0.1) is 0 Å². The van der Waals surface area contributed by atoms with Crippen LogP contribution in [0.3, 0.4) is 0 Å². The number of nitrogens with zero attached hydrogens (tertiary/aromatic N) is 5. The number of alkyl halides is 3. The highest BCUT2D eigenvalue weighted by atomic mass is 19.4. The van der Waals surface area contributed by atoms with E-state index in [4.69, 9.17) is 0 Å². The summed E-state index contributed by atoms with van der Waals surface area (Å²) in [5, 5.41) is 6.51. The molecule has 2 aromatic heterocycles. The number of hydrogen-bond donors (Lipinski definition) is 0. The summed E-state index contributed by atoms with van der Waals surface area (Å²) in [6.07, 6.45) is -3.62. The van der Waals surface area contributed by atoms with Gasteiger partial charge in [0.2, 0.25) is 5.91 Å². The quantitative estimate of drug-likeness (QED) is 0.432. The van der Waals surface area contributed by atoms with E-state index in [1.54, 1.807) is 11.0 Å². The number of benzene rings is 2. The Labute approximate surface area is 204 Å².